The number of unbranched alkanes of at least 4 members (excludes halogenated alkanes) is 2. The van der Waals surface area contributed by atoms with Crippen LogP contribution < -0.4 is 5.32 Å². The molecular weight excluding hydrogens is 378 g/mol. The van der Waals surface area contributed by atoms with E-state index < -0.39 is 16.1 Å². The van der Waals surface area contributed by atoms with Gasteiger partial charge in [0.1, 0.15) is 16.2 Å². The van der Waals surface area contributed by atoms with Gasteiger partial charge in [-0.1, -0.05) is 52.2 Å². The number of anilines is 1. The predicted octanol–water partition coefficient (Wildman–Crippen LogP) is 3.46. The molecule has 0 fully saturated rings. The molecule has 0 spiro atoms. The lowest BCUT2D eigenvalue weighted by Crippen LogP contribution is -2.41. The molecule has 1 aromatic carbocycles. The van der Waals surface area contributed by atoms with Crippen LogP contribution in [-0.2, 0) is 14.8 Å². The lowest BCUT2D eigenvalue weighted by Gasteiger charge is -2.29. The summed E-state index contributed by atoms with van der Waals surface area (Å²) in [7, 11) is -3.95. The van der Waals surface area contributed by atoms with E-state index >= 15 is 0 Å². The Kier molecular flexibility index (Phi) is 5.79. The van der Waals surface area contributed by atoms with Gasteiger partial charge in [0.05, 0.1) is 11.7 Å². The lowest BCUT2D eigenvalue weighted by atomic mass is 9.96. The Labute approximate surface area is 166 Å². The van der Waals surface area contributed by atoms with Crippen molar-refractivity contribution in [1.29, 1.82) is 0 Å². The number of sulfonamides is 1. The maximum atomic E-state index is 13.2. The Morgan fingerprint density at radius 3 is 2.64 bits per heavy atom. The molecule has 3 rings (SSSR count). The van der Waals surface area contributed by atoms with E-state index in [1.54, 1.807) is 23.1 Å². The van der Waals surface area contributed by atoms with Crippen molar-refractivity contribution in [3.8, 4) is 0 Å². The fourth-order valence-electron chi connectivity index (χ4n) is 3.69. The number of para-hydroxylation sites is 1. The van der Waals surface area contributed by atoms with Crippen molar-refractivity contribution in [2.45, 2.75) is 57.4 Å². The third-order valence-corrected chi connectivity index (χ3v) is 6.73. The van der Waals surface area contributed by atoms with Crippen LogP contribution >= 0.6 is 0 Å². The summed E-state index contributed by atoms with van der Waals surface area (Å²) in [4.78, 5) is 14.9. The van der Waals surface area contributed by atoms with Crippen molar-refractivity contribution in [2.75, 3.05) is 11.9 Å². The number of carbonyl (C=O) groups excluding carboxylic acids is 1. The van der Waals surface area contributed by atoms with Gasteiger partial charge in [-0.25, -0.2) is 0 Å². The van der Waals surface area contributed by atoms with Gasteiger partial charge in [0.25, 0.3) is 15.9 Å². The van der Waals surface area contributed by atoms with Crippen LogP contribution in [0.4, 0.5) is 5.69 Å². The number of rotatable bonds is 7. The quantitative estimate of drug-likeness (QED) is 0.677. The zero-order valence-electron chi connectivity index (χ0n) is 16.5. The molecule has 0 saturated carbocycles. The van der Waals surface area contributed by atoms with Gasteiger partial charge < -0.3 is 15.3 Å². The smallest absolute Gasteiger partial charge is 0.286 e. The summed E-state index contributed by atoms with van der Waals surface area (Å²) in [5, 5.41) is 13.8. The van der Waals surface area contributed by atoms with Crippen molar-refractivity contribution in [2.24, 2.45) is 10.3 Å². The molecule has 2 atom stereocenters. The van der Waals surface area contributed by atoms with E-state index in [1.165, 1.54) is 6.07 Å². The fraction of sp³-hybridized carbons (Fsp3) is 0.500. The van der Waals surface area contributed by atoms with Crippen LogP contribution in [0.25, 0.3) is 0 Å². The summed E-state index contributed by atoms with van der Waals surface area (Å²) in [5.74, 6) is -0.542. The van der Waals surface area contributed by atoms with E-state index in [-0.39, 0.29) is 33.9 Å². The first kappa shape index (κ1) is 20.4. The van der Waals surface area contributed by atoms with Gasteiger partial charge >= 0.3 is 0 Å². The molecule has 152 valence electrons. The Balaban J connectivity index is 2.02. The third-order valence-electron chi connectivity index (χ3n) is 5.40. The van der Waals surface area contributed by atoms with Crippen molar-refractivity contribution in [3.05, 3.63) is 35.6 Å². The van der Waals surface area contributed by atoms with Gasteiger partial charge in [0, 0.05) is 6.54 Å². The number of fused-ring (bicyclic) bond motifs is 1. The predicted molar refractivity (Wildman–Crippen MR) is 109 cm³/mol. The minimum atomic E-state index is -3.95. The van der Waals surface area contributed by atoms with Crippen LogP contribution in [-0.4, -0.2) is 42.8 Å². The number of nitrogens with one attached hydrogen (secondary N) is 1. The first-order valence-corrected chi connectivity index (χ1v) is 11.2. The lowest BCUT2D eigenvalue weighted by molar-refractivity contribution is -0.127. The molecule has 2 aliphatic rings. The van der Waals surface area contributed by atoms with Gasteiger partial charge in [-0.3, -0.25) is 4.79 Å². The van der Waals surface area contributed by atoms with Crippen molar-refractivity contribution < 1.29 is 18.3 Å². The van der Waals surface area contributed by atoms with Crippen molar-refractivity contribution >= 4 is 27.5 Å². The molecule has 0 radical (unpaired) electrons. The highest BCUT2D eigenvalue weighted by Gasteiger charge is 2.44. The molecule has 1 amide bonds. The van der Waals surface area contributed by atoms with Gasteiger partial charge in [0.15, 0.2) is 5.84 Å². The molecule has 8 heteroatoms. The number of aliphatic hydroxyl groups excluding tert-OH is 1. The zero-order valence-corrected chi connectivity index (χ0v) is 17.3. The molecule has 28 heavy (non-hydrogen) atoms. The zero-order chi connectivity index (χ0) is 20.5. The average Bonchev–Trinajstić information content (AvgIpc) is 2.91. The van der Waals surface area contributed by atoms with Crippen LogP contribution in [0.3, 0.4) is 0 Å². The first-order valence-electron chi connectivity index (χ1n) is 9.77. The van der Waals surface area contributed by atoms with Crippen LogP contribution in [0.15, 0.2) is 44.9 Å². The summed E-state index contributed by atoms with van der Waals surface area (Å²) in [5.41, 5.74) is 0.310. The highest BCUT2D eigenvalue weighted by molar-refractivity contribution is 7.90. The van der Waals surface area contributed by atoms with E-state index in [0.717, 1.165) is 25.7 Å². The Morgan fingerprint density at radius 1 is 1.25 bits per heavy atom. The number of amidine groups is 1. The molecule has 0 aromatic heterocycles. The summed E-state index contributed by atoms with van der Waals surface area (Å²) >= 11 is 0. The highest BCUT2D eigenvalue weighted by atomic mass is 32.2. The maximum absolute atomic E-state index is 13.2. The van der Waals surface area contributed by atoms with Gasteiger partial charge in [-0.15, -0.1) is 4.40 Å². The van der Waals surface area contributed by atoms with E-state index in [4.69, 9.17) is 0 Å². The van der Waals surface area contributed by atoms with Gasteiger partial charge in [0.2, 0.25) is 0 Å². The van der Waals surface area contributed by atoms with Crippen LogP contribution in [0.1, 0.15) is 46.5 Å². The number of carbonyl (C=O) groups is 1. The molecule has 0 saturated heterocycles. The SMILES string of the molecule is CCCCCN1C(=O)C(C2=NS(=O)(=O)c3ccccc3N2)=C(O)[C@@H]1C(C)CC. The largest absolute Gasteiger partial charge is 0.509 e. The molecule has 1 aromatic rings. The topological polar surface area (TPSA) is 99.1 Å². The van der Waals surface area contributed by atoms with Crippen molar-refractivity contribution in [3.63, 3.8) is 0 Å². The fourth-order valence-corrected chi connectivity index (χ4v) is 4.82. The van der Waals surface area contributed by atoms with E-state index in [1.807, 2.05) is 13.8 Å². The standard InChI is InChI=1S/C20H27N3O4S/c1-4-6-9-12-23-17(13(3)5-2)18(24)16(20(23)25)19-21-14-10-7-8-11-15(14)28(26,27)22-19/h7-8,10-11,13,17,24H,4-6,9,12H2,1-3H3,(H,21,22)/t13?,17-/m0/s1. The maximum Gasteiger partial charge on any atom is 0.286 e. The third kappa shape index (κ3) is 3.53. The van der Waals surface area contributed by atoms with Crippen LogP contribution in [0.5, 0.6) is 0 Å². The second-order valence-electron chi connectivity index (χ2n) is 7.33. The minimum absolute atomic E-state index is 0.0381. The Morgan fingerprint density at radius 2 is 1.96 bits per heavy atom. The molecule has 2 heterocycles. The Bertz CT molecular complexity index is 937. The second-order valence-corrected chi connectivity index (χ2v) is 8.90. The van der Waals surface area contributed by atoms with Gasteiger partial charge in [-0.05, 0) is 24.5 Å². The molecule has 1 unspecified atom stereocenters. The number of aliphatic hydroxyl groups is 1. The second kappa shape index (κ2) is 7.95. The number of hydrogen-bond donors (Lipinski definition) is 2. The van der Waals surface area contributed by atoms with Crippen LogP contribution in [0.2, 0.25) is 0 Å². The number of benzene rings is 1. The summed E-state index contributed by atoms with van der Waals surface area (Å²) in [6, 6.07) is 5.93. The average molecular weight is 406 g/mol. The van der Waals surface area contributed by atoms with E-state index in [0.29, 0.717) is 12.2 Å². The molecule has 2 aliphatic heterocycles. The molecular formula is C20H27N3O4S. The minimum Gasteiger partial charge on any atom is -0.509 e. The van der Waals surface area contributed by atoms with Crippen molar-refractivity contribution in [1.82, 2.24) is 4.90 Å². The monoisotopic (exact) mass is 405 g/mol. The highest BCUT2D eigenvalue weighted by Crippen LogP contribution is 2.35. The molecule has 7 nitrogen and oxygen atoms in total. The Hall–Kier alpha value is -2.35. The summed E-state index contributed by atoms with van der Waals surface area (Å²) < 4.78 is 28.9. The number of amides is 1. The molecule has 2 N–H and O–H groups in total. The van der Waals surface area contributed by atoms with E-state index in [2.05, 4.69) is 16.6 Å². The molecule has 0 aliphatic carbocycles. The number of nitrogens with zero attached hydrogens (tertiary/aromatic N) is 2. The number of hydrogen-bond acceptors (Lipinski definition) is 5. The summed E-state index contributed by atoms with van der Waals surface area (Å²) in [6.07, 6.45) is 3.61. The van der Waals surface area contributed by atoms with Gasteiger partial charge in [-0.2, -0.15) is 8.42 Å². The first-order chi connectivity index (χ1) is 13.3. The molecule has 0 bridgehead atoms. The van der Waals surface area contributed by atoms with E-state index in [9.17, 15) is 18.3 Å². The summed E-state index contributed by atoms with van der Waals surface area (Å²) in [6.45, 7) is 6.59. The van der Waals surface area contributed by atoms with Crippen LogP contribution in [0, 0.1) is 5.92 Å². The normalized spacial score (nSPS) is 22.0.